The first-order valence-electron chi connectivity index (χ1n) is 10.5. The lowest BCUT2D eigenvalue weighted by Gasteiger charge is -2.59. The van der Waals surface area contributed by atoms with E-state index < -0.39 is 40.7 Å². The molecule has 142 valence electrons. The summed E-state index contributed by atoms with van der Waals surface area (Å²) in [6.07, 6.45) is 2.97. The lowest BCUT2D eigenvalue weighted by Crippen LogP contribution is -2.61. The number of ketones is 2. The van der Waals surface area contributed by atoms with Gasteiger partial charge in [0.15, 0.2) is 11.6 Å². The lowest BCUT2D eigenvalue weighted by molar-refractivity contribution is -0.178. The third kappa shape index (κ3) is 2.08. The number of fused-ring (bicyclic) bond motifs is 5. The number of hydrogen-bond donors (Lipinski definition) is 3. The molecule has 0 aromatic rings. The van der Waals surface area contributed by atoms with Crippen LogP contribution in [0.1, 0.15) is 48.7 Å². The fourth-order valence-electron chi connectivity index (χ4n) is 6.73. The van der Waals surface area contributed by atoms with Crippen LogP contribution in [-0.4, -0.2) is 45.2 Å². The molecule has 3 saturated carbocycles. The van der Waals surface area contributed by atoms with Crippen molar-refractivity contribution in [3.05, 3.63) is 23.8 Å². The molecule has 1 unspecified atom stereocenters. The summed E-state index contributed by atoms with van der Waals surface area (Å²) in [5.74, 6) is -1.44. The number of carbonyl (C=O) groups is 2. The monoisotopic (exact) mass is 362 g/mol. The maximum atomic E-state index is 12.4. The molecule has 0 aliphatic heterocycles. The van der Waals surface area contributed by atoms with Crippen molar-refractivity contribution in [3.63, 3.8) is 0 Å². The average molecular weight is 362 g/mol. The van der Waals surface area contributed by atoms with Crippen molar-refractivity contribution in [2.24, 2.45) is 28.6 Å². The molecule has 4 aliphatic rings. The second kappa shape index (κ2) is 5.60. The third-order valence-corrected chi connectivity index (χ3v) is 8.04. The number of allylic oxidation sites excluding steroid dienone is 4. The molecular formula is C21H28O5. The average Bonchev–Trinajstić information content (AvgIpc) is 2.92. The van der Waals surface area contributed by atoms with Crippen molar-refractivity contribution in [1.29, 1.82) is 0 Å². The zero-order valence-electron chi connectivity index (χ0n) is 17.3. The molecule has 0 spiro atoms. The maximum Gasteiger partial charge on any atom is 0.190 e. The Kier molecular flexibility index (Phi) is 3.39. The van der Waals surface area contributed by atoms with Crippen LogP contribution in [0.5, 0.6) is 0 Å². The van der Waals surface area contributed by atoms with E-state index in [0.717, 1.165) is 5.57 Å². The normalized spacial score (nSPS) is 51.7. The van der Waals surface area contributed by atoms with Gasteiger partial charge >= 0.3 is 0 Å². The van der Waals surface area contributed by atoms with Crippen LogP contribution in [0, 0.1) is 28.6 Å². The van der Waals surface area contributed by atoms with E-state index in [9.17, 15) is 24.9 Å². The van der Waals surface area contributed by atoms with Crippen LogP contribution in [0.25, 0.3) is 0 Å². The highest BCUT2D eigenvalue weighted by molar-refractivity contribution is 6.01. The second-order valence-electron chi connectivity index (χ2n) is 8.99. The van der Waals surface area contributed by atoms with E-state index in [4.69, 9.17) is 2.74 Å². The topological polar surface area (TPSA) is 94.8 Å². The molecule has 0 saturated heterocycles. The van der Waals surface area contributed by atoms with Crippen LogP contribution in [-0.2, 0) is 9.59 Å². The molecule has 5 heteroatoms. The van der Waals surface area contributed by atoms with Crippen LogP contribution < -0.4 is 0 Å². The fraction of sp³-hybridized carbons (Fsp3) is 0.714. The van der Waals surface area contributed by atoms with Gasteiger partial charge in [0.25, 0.3) is 0 Å². The number of Topliss-reactive ketones (excluding diaryl/α,β-unsaturated/α-hetero) is 1. The molecule has 5 nitrogen and oxygen atoms in total. The summed E-state index contributed by atoms with van der Waals surface area (Å²) < 4.78 is 16.6. The van der Waals surface area contributed by atoms with Gasteiger partial charge in [-0.1, -0.05) is 25.5 Å². The summed E-state index contributed by atoms with van der Waals surface area (Å²) in [5.41, 5.74) is -2.57. The van der Waals surface area contributed by atoms with Gasteiger partial charge in [0.1, 0.15) is 12.2 Å². The Morgan fingerprint density at radius 3 is 2.81 bits per heavy atom. The number of aliphatic hydroxyl groups excluding tert-OH is 2. The Bertz CT molecular complexity index is 820. The Morgan fingerprint density at radius 2 is 2.12 bits per heavy atom. The largest absolute Gasteiger partial charge is 0.393 e. The zero-order valence-corrected chi connectivity index (χ0v) is 15.3. The third-order valence-electron chi connectivity index (χ3n) is 8.04. The Labute approximate surface area is 156 Å². The molecule has 3 fully saturated rings. The summed E-state index contributed by atoms with van der Waals surface area (Å²) >= 11 is 0. The standard InChI is InChI=1S/C21H28O5/c1-19-7-5-13(23)9-12(19)3-4-14-15-6-8-21(26,17(25)11-22)20(15,2)10-16(24)18(14)19/h5,7,9,14-16,18,22,24,26H,3-4,6,8,10-11H2,1-2H3/t14-,15-,16?,18+,19-,20-,21-/m0/s1/i5D,7D. The van der Waals surface area contributed by atoms with Crippen molar-refractivity contribution in [2.75, 3.05) is 6.61 Å². The summed E-state index contributed by atoms with van der Waals surface area (Å²) in [6, 6.07) is -0.349. The number of hydrogen-bond acceptors (Lipinski definition) is 5. The molecule has 4 aliphatic carbocycles. The maximum absolute atomic E-state index is 12.4. The summed E-state index contributed by atoms with van der Waals surface area (Å²) in [5, 5.41) is 31.8. The van der Waals surface area contributed by atoms with E-state index >= 15 is 0 Å². The van der Waals surface area contributed by atoms with Gasteiger partial charge in [0.05, 0.1) is 8.85 Å². The smallest absolute Gasteiger partial charge is 0.190 e. The Balaban J connectivity index is 1.80. The number of rotatable bonds is 2. The van der Waals surface area contributed by atoms with E-state index in [1.807, 2.05) is 13.8 Å². The van der Waals surface area contributed by atoms with Crippen LogP contribution in [0.4, 0.5) is 0 Å². The van der Waals surface area contributed by atoms with Crippen molar-refractivity contribution in [2.45, 2.75) is 57.7 Å². The van der Waals surface area contributed by atoms with Gasteiger partial charge < -0.3 is 15.3 Å². The molecule has 0 aromatic carbocycles. The van der Waals surface area contributed by atoms with Crippen LogP contribution in [0.15, 0.2) is 23.8 Å². The van der Waals surface area contributed by atoms with Gasteiger partial charge in [-0.2, -0.15) is 0 Å². The Morgan fingerprint density at radius 1 is 1.38 bits per heavy atom. The molecule has 0 amide bonds. The highest BCUT2D eigenvalue weighted by Crippen LogP contribution is 2.67. The SMILES string of the molecule is [2H]C1=C([2H])[C@@]2(C)C(=CC1=O)CC[C@@H]1[C@@H]2C(O)C[C@@]2(C)[C@H]1CC[C@]2(O)C(=O)CO. The second-order valence-corrected chi connectivity index (χ2v) is 8.99. The molecule has 7 atom stereocenters. The first-order chi connectivity index (χ1) is 13.0. The number of aliphatic hydroxyl groups is 3. The summed E-state index contributed by atoms with van der Waals surface area (Å²) in [7, 11) is 0. The molecule has 26 heavy (non-hydrogen) atoms. The highest BCUT2D eigenvalue weighted by Gasteiger charge is 2.67. The van der Waals surface area contributed by atoms with Gasteiger partial charge in [0, 0.05) is 16.7 Å². The van der Waals surface area contributed by atoms with E-state index in [1.54, 1.807) is 0 Å². The first kappa shape index (κ1) is 15.7. The van der Waals surface area contributed by atoms with Gasteiger partial charge in [-0.05, 0) is 56.1 Å². The highest BCUT2D eigenvalue weighted by atomic mass is 16.3. The predicted octanol–water partition coefficient (Wildman–Crippen LogP) is 1.56. The summed E-state index contributed by atoms with van der Waals surface area (Å²) in [6.45, 7) is 2.96. The molecule has 3 N–H and O–H groups in total. The molecular weight excluding hydrogens is 332 g/mol. The van der Waals surface area contributed by atoms with Gasteiger partial charge in [-0.15, -0.1) is 0 Å². The first-order valence-corrected chi connectivity index (χ1v) is 9.50. The molecule has 0 aromatic heterocycles. The van der Waals surface area contributed by atoms with Gasteiger partial charge in [-0.3, -0.25) is 9.59 Å². The molecule has 0 radical (unpaired) electrons. The van der Waals surface area contributed by atoms with E-state index in [-0.39, 0.29) is 42.7 Å². The molecule has 0 bridgehead atoms. The van der Waals surface area contributed by atoms with Crippen molar-refractivity contribution < 1.29 is 27.7 Å². The number of carbonyl (C=O) groups excluding carboxylic acids is 2. The zero-order chi connectivity index (χ0) is 20.6. The quantitative estimate of drug-likeness (QED) is 0.693. The minimum absolute atomic E-state index is 0.0283. The minimum atomic E-state index is -1.65. The van der Waals surface area contributed by atoms with Crippen molar-refractivity contribution in [1.82, 2.24) is 0 Å². The van der Waals surface area contributed by atoms with Crippen molar-refractivity contribution in [3.8, 4) is 0 Å². The fourth-order valence-corrected chi connectivity index (χ4v) is 6.73. The molecule has 0 heterocycles. The van der Waals surface area contributed by atoms with Crippen molar-refractivity contribution >= 4 is 11.6 Å². The minimum Gasteiger partial charge on any atom is -0.393 e. The summed E-state index contributed by atoms with van der Waals surface area (Å²) in [4.78, 5) is 24.5. The van der Waals surface area contributed by atoms with E-state index in [1.165, 1.54) is 6.08 Å². The Hall–Kier alpha value is -1.30. The van der Waals surface area contributed by atoms with Gasteiger partial charge in [-0.25, -0.2) is 0 Å². The van der Waals surface area contributed by atoms with Crippen LogP contribution in [0.2, 0.25) is 0 Å². The van der Waals surface area contributed by atoms with Crippen LogP contribution >= 0.6 is 0 Å². The van der Waals surface area contributed by atoms with Crippen LogP contribution in [0.3, 0.4) is 0 Å². The van der Waals surface area contributed by atoms with E-state index in [0.29, 0.717) is 19.3 Å². The van der Waals surface area contributed by atoms with E-state index in [2.05, 4.69) is 0 Å². The van der Waals surface area contributed by atoms with Gasteiger partial charge in [0.2, 0.25) is 0 Å². The predicted molar refractivity (Wildman–Crippen MR) is 95.0 cm³/mol. The lowest BCUT2D eigenvalue weighted by atomic mass is 9.46. The molecule has 4 rings (SSSR count).